The molecule has 1 nitrogen and oxygen atoms in total. The summed E-state index contributed by atoms with van der Waals surface area (Å²) in [6, 6.07) is 0. The lowest BCUT2D eigenvalue weighted by atomic mass is 9.45. The minimum absolute atomic E-state index is 0.520. The zero-order valence-corrected chi connectivity index (χ0v) is 8.66. The zero-order chi connectivity index (χ0) is 8.93. The van der Waals surface area contributed by atoms with Crippen LogP contribution in [0.1, 0.15) is 33.1 Å². The first kappa shape index (κ1) is 8.49. The van der Waals surface area contributed by atoms with Crippen LogP contribution in [0.4, 0.5) is 0 Å². The molecule has 0 aromatic carbocycles. The predicted octanol–water partition coefficient (Wildman–Crippen LogP) is 2.34. The van der Waals surface area contributed by atoms with Gasteiger partial charge in [-0.15, -0.1) is 0 Å². The van der Waals surface area contributed by atoms with E-state index in [4.69, 9.17) is 18.0 Å². The molecule has 3 aliphatic carbocycles. The van der Waals surface area contributed by atoms with Gasteiger partial charge in [0, 0.05) is 5.92 Å². The average Bonchev–Trinajstić information content (AvgIpc) is 2.04. The summed E-state index contributed by atoms with van der Waals surface area (Å²) in [6.45, 7) is 4.74. The van der Waals surface area contributed by atoms with Gasteiger partial charge in [-0.3, -0.25) is 0 Å². The van der Waals surface area contributed by atoms with Crippen molar-refractivity contribution in [1.82, 2.24) is 0 Å². The van der Waals surface area contributed by atoms with Crippen molar-refractivity contribution in [3.05, 3.63) is 0 Å². The van der Waals surface area contributed by atoms with Crippen molar-refractivity contribution in [2.45, 2.75) is 33.1 Å². The first-order chi connectivity index (χ1) is 5.53. The lowest BCUT2D eigenvalue weighted by Crippen LogP contribution is -2.55. The van der Waals surface area contributed by atoms with Crippen molar-refractivity contribution < 1.29 is 0 Å². The quantitative estimate of drug-likeness (QED) is 0.631. The molecule has 3 saturated carbocycles. The summed E-state index contributed by atoms with van der Waals surface area (Å²) < 4.78 is 0. The monoisotopic (exact) mass is 183 g/mol. The topological polar surface area (TPSA) is 26.0 Å². The largest absolute Gasteiger partial charge is 0.393 e. The molecule has 0 aliphatic heterocycles. The molecular weight excluding hydrogens is 166 g/mol. The maximum atomic E-state index is 5.73. The second kappa shape index (κ2) is 2.44. The Kier molecular flexibility index (Phi) is 1.73. The van der Waals surface area contributed by atoms with Gasteiger partial charge < -0.3 is 5.73 Å². The Morgan fingerprint density at radius 1 is 1.42 bits per heavy atom. The number of rotatable bonds is 1. The molecule has 3 atom stereocenters. The van der Waals surface area contributed by atoms with Crippen molar-refractivity contribution in [2.24, 2.45) is 28.9 Å². The number of fused-ring (bicyclic) bond motifs is 2. The highest BCUT2D eigenvalue weighted by Crippen LogP contribution is 2.61. The molecule has 0 amide bonds. The molecule has 0 heterocycles. The van der Waals surface area contributed by atoms with Gasteiger partial charge in [0.05, 0.1) is 4.99 Å². The molecule has 68 valence electrons. The van der Waals surface area contributed by atoms with Crippen LogP contribution in [0.3, 0.4) is 0 Å². The van der Waals surface area contributed by atoms with Crippen LogP contribution in [0.5, 0.6) is 0 Å². The Bertz CT molecular complexity index is 220. The van der Waals surface area contributed by atoms with Crippen molar-refractivity contribution in [3.8, 4) is 0 Å². The predicted molar refractivity (Wildman–Crippen MR) is 54.9 cm³/mol. The molecule has 0 aromatic heterocycles. The van der Waals surface area contributed by atoms with Crippen LogP contribution in [0, 0.1) is 23.2 Å². The van der Waals surface area contributed by atoms with Crippen molar-refractivity contribution in [1.29, 1.82) is 0 Å². The lowest BCUT2D eigenvalue weighted by Gasteiger charge is -2.59. The van der Waals surface area contributed by atoms with Crippen LogP contribution in [0.25, 0.3) is 0 Å². The number of hydrogen-bond donors (Lipinski definition) is 1. The van der Waals surface area contributed by atoms with E-state index < -0.39 is 0 Å². The van der Waals surface area contributed by atoms with Crippen LogP contribution in [0.15, 0.2) is 0 Å². The first-order valence-electron chi connectivity index (χ1n) is 4.83. The van der Waals surface area contributed by atoms with E-state index in [1.54, 1.807) is 0 Å². The summed E-state index contributed by atoms with van der Waals surface area (Å²) in [5.41, 5.74) is 6.25. The van der Waals surface area contributed by atoms with Gasteiger partial charge in [-0.25, -0.2) is 0 Å². The molecule has 0 aromatic rings. The summed E-state index contributed by atoms with van der Waals surface area (Å²) >= 11 is 5.10. The summed E-state index contributed by atoms with van der Waals surface area (Å²) in [7, 11) is 0. The third kappa shape index (κ3) is 0.936. The molecular formula is C10H17NS. The molecule has 2 N–H and O–H groups in total. The van der Waals surface area contributed by atoms with Crippen LogP contribution in [-0.2, 0) is 0 Å². The van der Waals surface area contributed by atoms with E-state index in [2.05, 4.69) is 13.8 Å². The molecule has 3 aliphatic rings. The molecule has 3 unspecified atom stereocenters. The third-order valence-electron chi connectivity index (χ3n) is 4.22. The Morgan fingerprint density at radius 2 is 2.08 bits per heavy atom. The lowest BCUT2D eigenvalue weighted by molar-refractivity contribution is -0.0845. The van der Waals surface area contributed by atoms with Crippen LogP contribution >= 0.6 is 12.2 Å². The molecule has 2 heteroatoms. The maximum absolute atomic E-state index is 5.73. The smallest absolute Gasteiger partial charge is 0.0761 e. The summed E-state index contributed by atoms with van der Waals surface area (Å²) in [5.74, 6) is 2.28. The van der Waals surface area contributed by atoms with Crippen LogP contribution in [0.2, 0.25) is 0 Å². The van der Waals surface area contributed by atoms with Crippen molar-refractivity contribution in [2.75, 3.05) is 0 Å². The van der Waals surface area contributed by atoms with Gasteiger partial charge in [0.15, 0.2) is 0 Å². The van der Waals surface area contributed by atoms with E-state index >= 15 is 0 Å². The SMILES string of the molecule is CC1(C)C2CCC(C(N)=S)C1C2. The Balaban J connectivity index is 2.16. The molecule has 0 saturated heterocycles. The van der Waals surface area contributed by atoms with E-state index in [1.807, 2.05) is 0 Å². The number of hydrogen-bond acceptors (Lipinski definition) is 1. The molecule has 0 spiro atoms. The van der Waals surface area contributed by atoms with Gasteiger partial charge >= 0.3 is 0 Å². The van der Waals surface area contributed by atoms with Crippen molar-refractivity contribution in [3.63, 3.8) is 0 Å². The minimum Gasteiger partial charge on any atom is -0.393 e. The highest BCUT2D eigenvalue weighted by atomic mass is 32.1. The highest BCUT2D eigenvalue weighted by Gasteiger charge is 2.54. The Hall–Kier alpha value is -0.110. The van der Waals surface area contributed by atoms with Crippen LogP contribution in [-0.4, -0.2) is 4.99 Å². The molecule has 3 rings (SSSR count). The van der Waals surface area contributed by atoms with E-state index in [-0.39, 0.29) is 0 Å². The third-order valence-corrected chi connectivity index (χ3v) is 4.53. The summed E-state index contributed by atoms with van der Waals surface area (Å²) in [6.07, 6.45) is 3.95. The molecule has 12 heavy (non-hydrogen) atoms. The van der Waals surface area contributed by atoms with Gasteiger partial charge in [0.1, 0.15) is 0 Å². The van der Waals surface area contributed by atoms with E-state index in [9.17, 15) is 0 Å². The average molecular weight is 183 g/mol. The fourth-order valence-corrected chi connectivity index (χ4v) is 3.43. The maximum Gasteiger partial charge on any atom is 0.0761 e. The van der Waals surface area contributed by atoms with Gasteiger partial charge in [-0.05, 0) is 36.5 Å². The first-order valence-corrected chi connectivity index (χ1v) is 5.23. The number of nitrogens with two attached hydrogens (primary N) is 1. The van der Waals surface area contributed by atoms with Gasteiger partial charge in [0.2, 0.25) is 0 Å². The second-order valence-electron chi connectivity index (χ2n) is 4.95. The van der Waals surface area contributed by atoms with Crippen LogP contribution < -0.4 is 5.73 Å². The fourth-order valence-electron chi connectivity index (χ4n) is 3.15. The molecule has 3 fully saturated rings. The fraction of sp³-hybridized carbons (Fsp3) is 0.900. The van der Waals surface area contributed by atoms with E-state index in [0.29, 0.717) is 11.3 Å². The summed E-state index contributed by atoms with van der Waals surface area (Å²) in [5, 5.41) is 0. The second-order valence-corrected chi connectivity index (χ2v) is 5.42. The Morgan fingerprint density at radius 3 is 2.42 bits per heavy atom. The number of thiocarbonyl (C=S) groups is 1. The van der Waals surface area contributed by atoms with Gasteiger partial charge in [-0.1, -0.05) is 26.1 Å². The highest BCUT2D eigenvalue weighted by molar-refractivity contribution is 7.80. The van der Waals surface area contributed by atoms with E-state index in [0.717, 1.165) is 16.8 Å². The zero-order valence-electron chi connectivity index (χ0n) is 7.84. The summed E-state index contributed by atoms with van der Waals surface area (Å²) in [4.78, 5) is 0.756. The Labute approximate surface area is 79.7 Å². The normalized spacial score (nSPS) is 43.3. The van der Waals surface area contributed by atoms with Gasteiger partial charge in [0.25, 0.3) is 0 Å². The molecule has 0 radical (unpaired) electrons. The molecule has 2 bridgehead atoms. The van der Waals surface area contributed by atoms with E-state index in [1.165, 1.54) is 19.3 Å². The minimum atomic E-state index is 0.520. The standard InChI is InChI=1S/C10H17NS/c1-10(2)6-3-4-7(9(11)12)8(10)5-6/h6-8H,3-5H2,1-2H3,(H2,11,12). The van der Waals surface area contributed by atoms with Crippen molar-refractivity contribution >= 4 is 17.2 Å². The van der Waals surface area contributed by atoms with Gasteiger partial charge in [-0.2, -0.15) is 0 Å².